The van der Waals surface area contributed by atoms with Crippen molar-refractivity contribution < 1.29 is 22.6 Å². The molecule has 1 aliphatic rings. The summed E-state index contributed by atoms with van der Waals surface area (Å²) in [7, 11) is 0. The molecule has 37 heavy (non-hydrogen) atoms. The molecule has 1 fully saturated rings. The Kier molecular flexibility index (Phi) is 9.32. The first-order chi connectivity index (χ1) is 18.0. The van der Waals surface area contributed by atoms with Crippen molar-refractivity contribution in [1.82, 2.24) is 0 Å². The molecule has 0 spiro atoms. The Bertz CT molecular complexity index is 1180. The van der Waals surface area contributed by atoms with Gasteiger partial charge in [-0.15, -0.1) is 6.58 Å². The van der Waals surface area contributed by atoms with Gasteiger partial charge in [0, 0.05) is 11.6 Å². The highest BCUT2D eigenvalue weighted by Crippen LogP contribution is 2.39. The van der Waals surface area contributed by atoms with E-state index < -0.39 is 11.6 Å². The second-order valence-corrected chi connectivity index (χ2v) is 9.72. The van der Waals surface area contributed by atoms with Crippen LogP contribution in [0.5, 0.6) is 11.5 Å². The molecule has 0 radical (unpaired) electrons. The van der Waals surface area contributed by atoms with Crippen LogP contribution in [-0.4, -0.2) is 13.2 Å². The number of hydrogen-bond donors (Lipinski definition) is 0. The predicted octanol–water partition coefficient (Wildman–Crippen LogP) is 9.03. The summed E-state index contributed by atoms with van der Waals surface area (Å²) in [5.74, 6) is 0.0567. The Morgan fingerprint density at radius 3 is 2.27 bits per heavy atom. The van der Waals surface area contributed by atoms with Crippen LogP contribution in [0.25, 0.3) is 11.1 Å². The average Bonchev–Trinajstić information content (AvgIpc) is 2.91. The van der Waals surface area contributed by atoms with Crippen LogP contribution in [0.4, 0.5) is 13.2 Å². The summed E-state index contributed by atoms with van der Waals surface area (Å²) in [4.78, 5) is 0. The molecule has 0 N–H and O–H groups in total. The van der Waals surface area contributed by atoms with Crippen molar-refractivity contribution in [1.29, 1.82) is 0 Å². The van der Waals surface area contributed by atoms with Crippen molar-refractivity contribution >= 4 is 0 Å². The zero-order valence-electron chi connectivity index (χ0n) is 21.4. The number of halogens is 3. The zero-order valence-corrected chi connectivity index (χ0v) is 21.4. The standard InChI is InChI=1S/C32H35F3O2/c1-3-5-20-37-27-17-19-28(30(33)21-27)23-9-6-22(7-10-23)8-11-25-14-18-29(32(35)31(25)34)24-12-15-26(16-13-24)36-4-2/h3,12-19,21-23H,1,4-11,20H2,2H3. The van der Waals surface area contributed by atoms with Crippen molar-refractivity contribution in [2.75, 3.05) is 13.2 Å². The normalized spacial score (nSPS) is 17.4. The molecular weight excluding hydrogens is 473 g/mol. The lowest BCUT2D eigenvalue weighted by Crippen LogP contribution is -2.15. The molecule has 3 aromatic rings. The van der Waals surface area contributed by atoms with Crippen LogP contribution in [0.2, 0.25) is 0 Å². The van der Waals surface area contributed by atoms with Gasteiger partial charge in [-0.25, -0.2) is 13.2 Å². The minimum atomic E-state index is -0.808. The summed E-state index contributed by atoms with van der Waals surface area (Å²) in [6.45, 7) is 6.59. The van der Waals surface area contributed by atoms with E-state index in [1.165, 1.54) is 6.07 Å². The Balaban J connectivity index is 1.31. The van der Waals surface area contributed by atoms with E-state index in [1.807, 2.05) is 19.1 Å². The number of benzene rings is 3. The molecule has 0 atom stereocenters. The second kappa shape index (κ2) is 12.8. The smallest absolute Gasteiger partial charge is 0.166 e. The van der Waals surface area contributed by atoms with Crippen LogP contribution in [0.3, 0.4) is 0 Å². The summed E-state index contributed by atoms with van der Waals surface area (Å²) in [5, 5.41) is 0. The van der Waals surface area contributed by atoms with Gasteiger partial charge < -0.3 is 9.47 Å². The minimum Gasteiger partial charge on any atom is -0.494 e. The van der Waals surface area contributed by atoms with E-state index in [4.69, 9.17) is 9.47 Å². The van der Waals surface area contributed by atoms with E-state index in [0.29, 0.717) is 48.2 Å². The fourth-order valence-electron chi connectivity index (χ4n) is 5.21. The van der Waals surface area contributed by atoms with Crippen molar-refractivity contribution in [3.05, 3.63) is 95.8 Å². The second-order valence-electron chi connectivity index (χ2n) is 9.72. The highest BCUT2D eigenvalue weighted by Gasteiger charge is 2.25. The minimum absolute atomic E-state index is 0.182. The lowest BCUT2D eigenvalue weighted by atomic mass is 9.76. The summed E-state index contributed by atoms with van der Waals surface area (Å²) < 4.78 is 55.5. The van der Waals surface area contributed by atoms with Crippen LogP contribution in [0, 0.1) is 23.4 Å². The Labute approximate surface area is 218 Å². The Morgan fingerprint density at radius 1 is 0.865 bits per heavy atom. The first kappa shape index (κ1) is 26.8. The number of rotatable bonds is 11. The first-order valence-electron chi connectivity index (χ1n) is 13.2. The monoisotopic (exact) mass is 508 g/mol. The fraction of sp³-hybridized carbons (Fsp3) is 0.375. The molecule has 0 aliphatic heterocycles. The van der Waals surface area contributed by atoms with Gasteiger partial charge in [0.1, 0.15) is 17.3 Å². The van der Waals surface area contributed by atoms with Gasteiger partial charge in [-0.05, 0) is 98.6 Å². The lowest BCUT2D eigenvalue weighted by molar-refractivity contribution is 0.303. The molecule has 196 valence electrons. The third-order valence-corrected chi connectivity index (χ3v) is 7.31. The van der Waals surface area contributed by atoms with Gasteiger partial charge >= 0.3 is 0 Å². The van der Waals surface area contributed by atoms with E-state index in [9.17, 15) is 13.2 Å². The van der Waals surface area contributed by atoms with Crippen molar-refractivity contribution in [3.63, 3.8) is 0 Å². The Morgan fingerprint density at radius 2 is 1.59 bits per heavy atom. The SMILES string of the molecule is C=CCCOc1ccc(C2CCC(CCc3ccc(-c4ccc(OCC)cc4)c(F)c3F)CC2)c(F)c1. The highest BCUT2D eigenvalue weighted by atomic mass is 19.2. The van der Waals surface area contributed by atoms with Crippen LogP contribution >= 0.6 is 0 Å². The van der Waals surface area contributed by atoms with E-state index in [1.54, 1.807) is 42.5 Å². The van der Waals surface area contributed by atoms with Crippen LogP contribution in [0.1, 0.15) is 62.5 Å². The zero-order chi connectivity index (χ0) is 26.2. The quantitative estimate of drug-likeness (QED) is 0.190. The average molecular weight is 509 g/mol. The van der Waals surface area contributed by atoms with Crippen LogP contribution in [0.15, 0.2) is 67.3 Å². The summed E-state index contributed by atoms with van der Waals surface area (Å²) in [6.07, 6.45) is 7.48. The third kappa shape index (κ3) is 6.76. The summed E-state index contributed by atoms with van der Waals surface area (Å²) >= 11 is 0. The molecule has 0 bridgehead atoms. The van der Waals surface area contributed by atoms with Crippen molar-refractivity contribution in [3.8, 4) is 22.6 Å². The van der Waals surface area contributed by atoms with Gasteiger partial charge in [-0.2, -0.15) is 0 Å². The highest BCUT2D eigenvalue weighted by molar-refractivity contribution is 5.65. The van der Waals surface area contributed by atoms with Gasteiger partial charge in [0.15, 0.2) is 11.6 Å². The van der Waals surface area contributed by atoms with E-state index >= 15 is 0 Å². The molecule has 1 aliphatic carbocycles. The van der Waals surface area contributed by atoms with Gasteiger partial charge in [0.25, 0.3) is 0 Å². The molecule has 0 heterocycles. The molecule has 5 heteroatoms. The van der Waals surface area contributed by atoms with E-state index in [-0.39, 0.29) is 17.3 Å². The van der Waals surface area contributed by atoms with Crippen LogP contribution in [-0.2, 0) is 6.42 Å². The molecule has 0 amide bonds. The first-order valence-corrected chi connectivity index (χ1v) is 13.2. The predicted molar refractivity (Wildman–Crippen MR) is 143 cm³/mol. The maximum Gasteiger partial charge on any atom is 0.166 e. The summed E-state index contributed by atoms with van der Waals surface area (Å²) in [5.41, 5.74) is 2.03. The van der Waals surface area contributed by atoms with Crippen LogP contribution < -0.4 is 9.47 Å². The van der Waals surface area contributed by atoms with Gasteiger partial charge in [-0.3, -0.25) is 0 Å². The molecule has 3 aromatic carbocycles. The van der Waals surface area contributed by atoms with Gasteiger partial charge in [-0.1, -0.05) is 36.4 Å². The molecule has 2 nitrogen and oxygen atoms in total. The van der Waals surface area contributed by atoms with Gasteiger partial charge in [0.2, 0.25) is 0 Å². The fourth-order valence-corrected chi connectivity index (χ4v) is 5.21. The maximum atomic E-state index is 14.9. The molecule has 0 unspecified atom stereocenters. The van der Waals surface area contributed by atoms with E-state index in [0.717, 1.165) is 44.1 Å². The molecule has 4 rings (SSSR count). The molecule has 1 saturated carbocycles. The van der Waals surface area contributed by atoms with Crippen molar-refractivity contribution in [2.24, 2.45) is 5.92 Å². The number of aryl methyl sites for hydroxylation is 1. The Hall–Kier alpha value is -3.21. The molecule has 0 aromatic heterocycles. The number of ether oxygens (including phenoxy) is 2. The van der Waals surface area contributed by atoms with E-state index in [2.05, 4.69) is 6.58 Å². The lowest BCUT2D eigenvalue weighted by Gasteiger charge is -2.29. The topological polar surface area (TPSA) is 18.5 Å². The molecular formula is C32H35F3O2. The van der Waals surface area contributed by atoms with Gasteiger partial charge in [0.05, 0.1) is 13.2 Å². The maximum absolute atomic E-state index is 14.9. The van der Waals surface area contributed by atoms with Crippen molar-refractivity contribution in [2.45, 2.75) is 57.8 Å². The third-order valence-electron chi connectivity index (χ3n) is 7.31. The number of hydrogen-bond acceptors (Lipinski definition) is 2. The largest absolute Gasteiger partial charge is 0.494 e. The summed E-state index contributed by atoms with van der Waals surface area (Å²) in [6, 6.07) is 15.5. The molecule has 0 saturated heterocycles.